The first-order valence-electron chi connectivity index (χ1n) is 7.66. The molecule has 120 valence electrons. The molecule has 1 atom stereocenters. The normalized spacial score (nSPS) is 18.3. The fourth-order valence-electron chi connectivity index (χ4n) is 2.33. The van der Waals surface area contributed by atoms with Gasteiger partial charge in [0.25, 0.3) is 0 Å². The van der Waals surface area contributed by atoms with Crippen molar-refractivity contribution in [3.05, 3.63) is 29.8 Å². The van der Waals surface area contributed by atoms with Crippen molar-refractivity contribution in [3.8, 4) is 0 Å². The van der Waals surface area contributed by atoms with Gasteiger partial charge in [-0.1, -0.05) is 39.8 Å². The summed E-state index contributed by atoms with van der Waals surface area (Å²) in [4.78, 5) is 24.8. The number of carbonyl (C=O) groups is 2. The molecule has 22 heavy (non-hydrogen) atoms. The lowest BCUT2D eigenvalue weighted by molar-refractivity contribution is -0.121. The molecule has 0 aliphatic carbocycles. The SMILES string of the molecule is CCC(=O)NCC1CN(c2ccc(C(C)(C)C)cc2)C(=O)O1. The van der Waals surface area contributed by atoms with E-state index in [-0.39, 0.29) is 23.5 Å². The molecule has 1 aromatic carbocycles. The lowest BCUT2D eigenvalue weighted by atomic mass is 9.87. The first-order chi connectivity index (χ1) is 10.3. The van der Waals surface area contributed by atoms with Crippen LogP contribution < -0.4 is 10.2 Å². The number of ether oxygens (including phenoxy) is 1. The fraction of sp³-hybridized carbons (Fsp3) is 0.529. The first kappa shape index (κ1) is 16.3. The van der Waals surface area contributed by atoms with Gasteiger partial charge in [0.1, 0.15) is 6.10 Å². The third-order valence-electron chi connectivity index (χ3n) is 3.77. The van der Waals surface area contributed by atoms with Crippen LogP contribution in [0, 0.1) is 0 Å². The van der Waals surface area contributed by atoms with Crippen molar-refractivity contribution in [3.63, 3.8) is 0 Å². The predicted octanol–water partition coefficient (Wildman–Crippen LogP) is 2.84. The highest BCUT2D eigenvalue weighted by atomic mass is 16.6. The molecule has 1 aromatic rings. The molecule has 2 rings (SSSR count). The Morgan fingerprint density at radius 2 is 1.95 bits per heavy atom. The average molecular weight is 304 g/mol. The Hall–Kier alpha value is -2.04. The number of nitrogens with one attached hydrogen (secondary N) is 1. The highest BCUT2D eigenvalue weighted by molar-refractivity contribution is 5.89. The van der Waals surface area contributed by atoms with E-state index in [1.54, 1.807) is 11.8 Å². The molecular weight excluding hydrogens is 280 g/mol. The number of carbonyl (C=O) groups excluding carboxylic acids is 2. The van der Waals surface area contributed by atoms with Crippen molar-refractivity contribution in [2.75, 3.05) is 18.0 Å². The third-order valence-corrected chi connectivity index (χ3v) is 3.77. The van der Waals surface area contributed by atoms with Gasteiger partial charge >= 0.3 is 6.09 Å². The number of cyclic esters (lactones) is 1. The molecule has 1 N–H and O–H groups in total. The van der Waals surface area contributed by atoms with Gasteiger partial charge in [-0.15, -0.1) is 0 Å². The Labute approximate surface area is 131 Å². The number of hydrogen-bond donors (Lipinski definition) is 1. The molecule has 1 unspecified atom stereocenters. The zero-order valence-electron chi connectivity index (χ0n) is 13.7. The van der Waals surface area contributed by atoms with Crippen LogP contribution in [-0.2, 0) is 14.9 Å². The van der Waals surface area contributed by atoms with Gasteiger partial charge in [0, 0.05) is 12.1 Å². The van der Waals surface area contributed by atoms with E-state index in [1.807, 2.05) is 24.3 Å². The van der Waals surface area contributed by atoms with Crippen molar-refractivity contribution in [2.45, 2.75) is 45.6 Å². The van der Waals surface area contributed by atoms with Crippen LogP contribution in [0.25, 0.3) is 0 Å². The minimum absolute atomic E-state index is 0.0379. The molecule has 1 saturated heterocycles. The van der Waals surface area contributed by atoms with Gasteiger partial charge in [0.15, 0.2) is 0 Å². The topological polar surface area (TPSA) is 58.6 Å². The highest BCUT2D eigenvalue weighted by Crippen LogP contribution is 2.27. The summed E-state index contributed by atoms with van der Waals surface area (Å²) in [6.45, 7) is 9.06. The van der Waals surface area contributed by atoms with E-state index < -0.39 is 0 Å². The Kier molecular flexibility index (Phi) is 4.74. The zero-order chi connectivity index (χ0) is 16.3. The second kappa shape index (κ2) is 6.38. The molecule has 0 spiro atoms. The molecule has 0 saturated carbocycles. The lowest BCUT2D eigenvalue weighted by Crippen LogP contribution is -2.34. The summed E-state index contributed by atoms with van der Waals surface area (Å²) in [5.41, 5.74) is 2.12. The quantitative estimate of drug-likeness (QED) is 0.930. The third kappa shape index (κ3) is 3.78. The number of rotatable bonds is 4. The maximum Gasteiger partial charge on any atom is 0.414 e. The number of benzene rings is 1. The summed E-state index contributed by atoms with van der Waals surface area (Å²) in [5.74, 6) is -0.0379. The Morgan fingerprint density at radius 3 is 2.50 bits per heavy atom. The highest BCUT2D eigenvalue weighted by Gasteiger charge is 2.32. The summed E-state index contributed by atoms with van der Waals surface area (Å²) in [6, 6.07) is 7.95. The van der Waals surface area contributed by atoms with Crippen molar-refractivity contribution < 1.29 is 14.3 Å². The van der Waals surface area contributed by atoms with Crippen molar-refractivity contribution >= 4 is 17.7 Å². The Bertz CT molecular complexity index is 546. The lowest BCUT2D eigenvalue weighted by Gasteiger charge is -2.20. The van der Waals surface area contributed by atoms with Crippen LogP contribution in [0.1, 0.15) is 39.7 Å². The predicted molar refractivity (Wildman–Crippen MR) is 86.1 cm³/mol. The van der Waals surface area contributed by atoms with Crippen LogP contribution in [0.2, 0.25) is 0 Å². The summed E-state index contributed by atoms with van der Waals surface area (Å²) in [6.07, 6.45) is -0.233. The Morgan fingerprint density at radius 1 is 1.32 bits per heavy atom. The van der Waals surface area contributed by atoms with Crippen LogP contribution in [-0.4, -0.2) is 31.2 Å². The molecule has 1 fully saturated rings. The zero-order valence-corrected chi connectivity index (χ0v) is 13.7. The second-order valence-electron chi connectivity index (χ2n) is 6.57. The largest absolute Gasteiger partial charge is 0.442 e. The van der Waals surface area contributed by atoms with E-state index in [4.69, 9.17) is 4.74 Å². The average Bonchev–Trinajstić information content (AvgIpc) is 2.85. The van der Waals surface area contributed by atoms with E-state index in [0.29, 0.717) is 19.5 Å². The maximum absolute atomic E-state index is 12.0. The number of anilines is 1. The van der Waals surface area contributed by atoms with Gasteiger partial charge < -0.3 is 10.1 Å². The number of amides is 2. The second-order valence-corrected chi connectivity index (χ2v) is 6.57. The van der Waals surface area contributed by atoms with Crippen molar-refractivity contribution in [2.24, 2.45) is 0 Å². The van der Waals surface area contributed by atoms with Crippen molar-refractivity contribution in [1.29, 1.82) is 0 Å². The maximum atomic E-state index is 12.0. The summed E-state index contributed by atoms with van der Waals surface area (Å²) in [5, 5.41) is 2.75. The van der Waals surface area contributed by atoms with E-state index in [9.17, 15) is 9.59 Å². The molecule has 5 nitrogen and oxygen atoms in total. The monoisotopic (exact) mass is 304 g/mol. The smallest absolute Gasteiger partial charge is 0.414 e. The van der Waals surface area contributed by atoms with Crippen LogP contribution in [0.5, 0.6) is 0 Å². The molecular formula is C17H24N2O3. The van der Waals surface area contributed by atoms with Crippen molar-refractivity contribution in [1.82, 2.24) is 5.32 Å². The van der Waals surface area contributed by atoms with Gasteiger partial charge in [-0.2, -0.15) is 0 Å². The standard InChI is InChI=1S/C17H24N2O3/c1-5-15(20)18-10-14-11-19(16(21)22-14)13-8-6-12(7-9-13)17(2,3)4/h6-9,14H,5,10-11H2,1-4H3,(H,18,20). The van der Waals surface area contributed by atoms with E-state index in [0.717, 1.165) is 5.69 Å². The number of hydrogen-bond acceptors (Lipinski definition) is 3. The van der Waals surface area contributed by atoms with E-state index in [1.165, 1.54) is 5.56 Å². The van der Waals surface area contributed by atoms with Gasteiger partial charge in [0.05, 0.1) is 13.1 Å². The molecule has 1 aliphatic rings. The molecule has 0 radical (unpaired) electrons. The minimum atomic E-state index is -0.362. The Balaban J connectivity index is 2.01. The molecule has 2 amide bonds. The first-order valence-corrected chi connectivity index (χ1v) is 7.66. The van der Waals surface area contributed by atoms with Gasteiger partial charge in [0.2, 0.25) is 5.91 Å². The van der Waals surface area contributed by atoms with Gasteiger partial charge in [-0.25, -0.2) is 4.79 Å². The molecule has 1 aliphatic heterocycles. The molecule has 0 aromatic heterocycles. The van der Waals surface area contributed by atoms with Crippen LogP contribution in [0.4, 0.5) is 10.5 Å². The van der Waals surface area contributed by atoms with Gasteiger partial charge in [-0.3, -0.25) is 9.69 Å². The molecule has 5 heteroatoms. The summed E-state index contributed by atoms with van der Waals surface area (Å²) >= 11 is 0. The van der Waals surface area contributed by atoms with E-state index in [2.05, 4.69) is 26.1 Å². The van der Waals surface area contributed by atoms with Crippen LogP contribution in [0.3, 0.4) is 0 Å². The fourth-order valence-corrected chi connectivity index (χ4v) is 2.33. The summed E-state index contributed by atoms with van der Waals surface area (Å²) < 4.78 is 5.29. The molecule has 1 heterocycles. The molecule has 0 bridgehead atoms. The number of nitrogens with zero attached hydrogens (tertiary/aromatic N) is 1. The van der Waals surface area contributed by atoms with Crippen LogP contribution in [0.15, 0.2) is 24.3 Å². The minimum Gasteiger partial charge on any atom is -0.442 e. The van der Waals surface area contributed by atoms with Gasteiger partial charge in [-0.05, 0) is 23.1 Å². The van der Waals surface area contributed by atoms with E-state index >= 15 is 0 Å². The summed E-state index contributed by atoms with van der Waals surface area (Å²) in [7, 11) is 0. The van der Waals surface area contributed by atoms with Crippen LogP contribution >= 0.6 is 0 Å².